The van der Waals surface area contributed by atoms with Gasteiger partial charge in [0.25, 0.3) is 0 Å². The van der Waals surface area contributed by atoms with Crippen LogP contribution in [0.25, 0.3) is 10.9 Å². The van der Waals surface area contributed by atoms with Crippen molar-refractivity contribution in [2.24, 2.45) is 28.6 Å². The van der Waals surface area contributed by atoms with Crippen molar-refractivity contribution in [1.29, 1.82) is 0 Å². The molecule has 0 bridgehead atoms. The standard InChI is InChI=1S/C35H37NO6S/c1-33-15-13-24(37)18-22(33)10-12-25-26-14-16-35(34(26,2)19-28(38)30(25)33,42-31(39)29-8-5-17-41-29)32(40)43-20-23-11-9-21-6-3-4-7-27(21)36-23/h3-9,11,17-18,25-26,28,30,38H,10,12-16,19-20H2,1-2H3/t25?,26?,28?,30?,33?,34?,35-/m0/s1. The first-order valence-electron chi connectivity index (χ1n) is 15.4. The monoisotopic (exact) mass is 599 g/mol. The molecule has 0 radical (unpaired) electrons. The number of ether oxygens (including phenoxy) is 1. The summed E-state index contributed by atoms with van der Waals surface area (Å²) in [6.07, 6.45) is 6.93. The van der Waals surface area contributed by atoms with Crippen LogP contribution in [0.4, 0.5) is 0 Å². The van der Waals surface area contributed by atoms with E-state index in [9.17, 15) is 19.5 Å². The number of rotatable bonds is 5. The van der Waals surface area contributed by atoms with Crippen molar-refractivity contribution in [3.05, 3.63) is 77.9 Å². The van der Waals surface area contributed by atoms with Gasteiger partial charge in [0.15, 0.2) is 11.4 Å². The highest BCUT2D eigenvalue weighted by atomic mass is 32.2. The summed E-state index contributed by atoms with van der Waals surface area (Å²) in [5.41, 5.74) is 0.377. The van der Waals surface area contributed by atoms with E-state index in [1.807, 2.05) is 49.4 Å². The van der Waals surface area contributed by atoms with E-state index in [-0.39, 0.29) is 39.8 Å². The number of nitrogens with zero attached hydrogens (tertiary/aromatic N) is 1. The van der Waals surface area contributed by atoms with E-state index >= 15 is 0 Å². The molecule has 3 aromatic rings. The number of carbonyl (C=O) groups excluding carboxylic acids is 3. The summed E-state index contributed by atoms with van der Waals surface area (Å²) in [5, 5.41) is 12.8. The Morgan fingerprint density at radius 2 is 1.91 bits per heavy atom. The molecule has 7 atom stereocenters. The Morgan fingerprint density at radius 3 is 2.72 bits per heavy atom. The maximum atomic E-state index is 14.5. The molecule has 8 heteroatoms. The number of aromatic nitrogens is 1. The van der Waals surface area contributed by atoms with Crippen LogP contribution in [0, 0.1) is 28.6 Å². The van der Waals surface area contributed by atoms with E-state index in [0.29, 0.717) is 25.0 Å². The van der Waals surface area contributed by atoms with Crippen molar-refractivity contribution in [1.82, 2.24) is 4.98 Å². The molecular weight excluding hydrogens is 562 g/mol. The molecule has 0 amide bonds. The van der Waals surface area contributed by atoms with Crippen LogP contribution in [0.15, 0.2) is 70.9 Å². The lowest BCUT2D eigenvalue weighted by Crippen LogP contribution is -2.62. The van der Waals surface area contributed by atoms with Gasteiger partial charge in [-0.05, 0) is 92.0 Å². The highest BCUT2D eigenvalue weighted by Gasteiger charge is 2.70. The number of para-hydroxylation sites is 1. The summed E-state index contributed by atoms with van der Waals surface area (Å²) >= 11 is 1.14. The fraction of sp³-hybridized carbons (Fsp3) is 0.486. The Hall–Kier alpha value is -3.23. The largest absolute Gasteiger partial charge is 0.457 e. The van der Waals surface area contributed by atoms with Crippen molar-refractivity contribution >= 4 is 39.5 Å². The van der Waals surface area contributed by atoms with Crippen LogP contribution >= 0.6 is 11.8 Å². The van der Waals surface area contributed by atoms with E-state index < -0.39 is 23.1 Å². The average Bonchev–Trinajstić information content (AvgIpc) is 3.63. The molecule has 6 unspecified atom stereocenters. The summed E-state index contributed by atoms with van der Waals surface area (Å²) in [7, 11) is 0. The number of fused-ring (bicyclic) bond motifs is 6. The van der Waals surface area contributed by atoms with Crippen LogP contribution in [0.5, 0.6) is 0 Å². The number of aliphatic hydroxyl groups excluding tert-OH is 1. The lowest BCUT2D eigenvalue weighted by molar-refractivity contribution is -0.176. The first-order chi connectivity index (χ1) is 20.6. The van der Waals surface area contributed by atoms with Gasteiger partial charge in [0.1, 0.15) is 0 Å². The summed E-state index contributed by atoms with van der Waals surface area (Å²) < 4.78 is 11.7. The molecule has 4 aliphatic carbocycles. The molecule has 3 fully saturated rings. The average molecular weight is 600 g/mol. The van der Waals surface area contributed by atoms with Gasteiger partial charge in [-0.2, -0.15) is 0 Å². The van der Waals surface area contributed by atoms with E-state index in [2.05, 4.69) is 6.92 Å². The number of hydrogen-bond donors (Lipinski definition) is 1. The van der Waals surface area contributed by atoms with Gasteiger partial charge >= 0.3 is 5.97 Å². The topological polar surface area (TPSA) is 107 Å². The molecule has 7 nitrogen and oxygen atoms in total. The Labute approximate surface area is 255 Å². The summed E-state index contributed by atoms with van der Waals surface area (Å²) in [4.78, 5) is 44.9. The fourth-order valence-electron chi connectivity index (χ4n) is 9.27. The number of carbonyl (C=O) groups is 3. The SMILES string of the molecule is CC12CCC(=O)C=C1CCC1C2C(O)CC2(C)C1CC[C@]2(OC(=O)c1ccco1)C(=O)SCc1ccc2ccccc2n1. The van der Waals surface area contributed by atoms with Crippen LogP contribution in [0.3, 0.4) is 0 Å². The molecule has 2 heterocycles. The van der Waals surface area contributed by atoms with Gasteiger partial charge < -0.3 is 14.3 Å². The van der Waals surface area contributed by atoms with Gasteiger partial charge in [0, 0.05) is 23.0 Å². The predicted octanol–water partition coefficient (Wildman–Crippen LogP) is 6.69. The smallest absolute Gasteiger partial charge is 0.375 e. The van der Waals surface area contributed by atoms with E-state index in [1.54, 1.807) is 12.1 Å². The maximum absolute atomic E-state index is 14.5. The van der Waals surface area contributed by atoms with Gasteiger partial charge in [0.2, 0.25) is 10.9 Å². The molecule has 0 spiro atoms. The first kappa shape index (κ1) is 28.5. The number of aliphatic hydroxyl groups is 1. The van der Waals surface area contributed by atoms with Crippen LogP contribution in [0.1, 0.15) is 75.0 Å². The Morgan fingerprint density at radius 1 is 1.07 bits per heavy atom. The van der Waals surface area contributed by atoms with Crippen molar-refractivity contribution in [2.75, 3.05) is 0 Å². The molecule has 4 aliphatic rings. The minimum absolute atomic E-state index is 0.000180. The first-order valence-corrected chi connectivity index (χ1v) is 16.3. The zero-order valence-electron chi connectivity index (χ0n) is 24.6. The number of hydrogen-bond acceptors (Lipinski definition) is 8. The van der Waals surface area contributed by atoms with E-state index in [4.69, 9.17) is 14.1 Å². The second-order valence-corrected chi connectivity index (χ2v) is 14.3. The molecule has 224 valence electrons. The molecule has 0 aliphatic heterocycles. The van der Waals surface area contributed by atoms with E-state index in [0.717, 1.165) is 59.6 Å². The van der Waals surface area contributed by atoms with Crippen molar-refractivity contribution < 1.29 is 28.6 Å². The molecule has 2 aromatic heterocycles. The maximum Gasteiger partial charge on any atom is 0.375 e. The molecule has 43 heavy (non-hydrogen) atoms. The zero-order valence-corrected chi connectivity index (χ0v) is 25.4. The second kappa shape index (κ2) is 10.4. The van der Waals surface area contributed by atoms with Crippen LogP contribution < -0.4 is 0 Å². The Bertz CT molecular complexity index is 1630. The molecule has 0 saturated heterocycles. The third-order valence-electron chi connectivity index (χ3n) is 11.3. The fourth-order valence-corrected chi connectivity index (χ4v) is 10.3. The predicted molar refractivity (Wildman–Crippen MR) is 163 cm³/mol. The lowest BCUT2D eigenvalue weighted by atomic mass is 9.45. The van der Waals surface area contributed by atoms with Crippen molar-refractivity contribution in [3.63, 3.8) is 0 Å². The van der Waals surface area contributed by atoms with Crippen molar-refractivity contribution in [2.45, 2.75) is 76.3 Å². The highest BCUT2D eigenvalue weighted by molar-refractivity contribution is 8.13. The quantitative estimate of drug-likeness (QED) is 0.324. The molecule has 3 saturated carbocycles. The van der Waals surface area contributed by atoms with E-state index in [1.165, 1.54) is 6.26 Å². The van der Waals surface area contributed by atoms with Gasteiger partial charge in [0.05, 0.1) is 23.6 Å². The summed E-state index contributed by atoms with van der Waals surface area (Å²) in [6, 6.07) is 15.0. The molecule has 1 N–H and O–H groups in total. The van der Waals surface area contributed by atoms with Gasteiger partial charge in [-0.25, -0.2) is 4.79 Å². The second-order valence-electron chi connectivity index (χ2n) is 13.4. The van der Waals surface area contributed by atoms with Crippen molar-refractivity contribution in [3.8, 4) is 0 Å². The van der Waals surface area contributed by atoms with Gasteiger partial charge in [-0.15, -0.1) is 0 Å². The Balaban J connectivity index is 1.22. The number of allylic oxidation sites excluding steroid dienone is 1. The molecule has 7 rings (SSSR count). The molecular formula is C35H37NO6S. The number of furan rings is 1. The molecule has 1 aromatic carbocycles. The normalized spacial score (nSPS) is 35.0. The van der Waals surface area contributed by atoms with Crippen LogP contribution in [0.2, 0.25) is 0 Å². The third kappa shape index (κ3) is 4.43. The highest BCUT2D eigenvalue weighted by Crippen LogP contribution is 2.69. The van der Waals surface area contributed by atoms with Crippen LogP contribution in [-0.2, 0) is 20.1 Å². The Kier molecular flexibility index (Phi) is 6.93. The summed E-state index contributed by atoms with van der Waals surface area (Å²) in [5.74, 6) is 0.167. The number of esters is 1. The number of benzene rings is 1. The third-order valence-corrected chi connectivity index (χ3v) is 12.4. The number of ketones is 1. The van der Waals surface area contributed by atoms with Crippen LogP contribution in [-0.4, -0.2) is 38.7 Å². The lowest BCUT2D eigenvalue weighted by Gasteiger charge is -2.60. The number of thioether (sulfide) groups is 1. The minimum Gasteiger partial charge on any atom is -0.457 e. The minimum atomic E-state index is -1.42. The number of pyridine rings is 1. The van der Waals surface area contributed by atoms with Gasteiger partial charge in [-0.3, -0.25) is 14.6 Å². The summed E-state index contributed by atoms with van der Waals surface area (Å²) in [6.45, 7) is 4.26. The zero-order chi connectivity index (χ0) is 30.0. The van der Waals surface area contributed by atoms with Gasteiger partial charge in [-0.1, -0.05) is 55.4 Å².